The van der Waals surface area contributed by atoms with Gasteiger partial charge in [-0.2, -0.15) is 4.91 Å². The molecule has 0 aliphatic heterocycles. The number of nitroso groups, excluding NO2 is 1. The van der Waals surface area contributed by atoms with Crippen LogP contribution < -0.4 is 5.56 Å². The van der Waals surface area contributed by atoms with Crippen LogP contribution in [0.4, 0.5) is 0 Å². The zero-order valence-corrected chi connectivity index (χ0v) is 15.7. The van der Waals surface area contributed by atoms with E-state index < -0.39 is 11.6 Å². The first-order chi connectivity index (χ1) is 12.8. The SMILES string of the molecule is CC(C)(C)n1c(=O)c2c(C(CC(=O)C3CC3)N=O)ncn2c2ccccc21. The Morgan fingerprint density at radius 3 is 2.52 bits per heavy atom. The summed E-state index contributed by atoms with van der Waals surface area (Å²) in [5, 5.41) is 3.15. The molecule has 7 nitrogen and oxygen atoms in total. The van der Waals surface area contributed by atoms with E-state index in [2.05, 4.69) is 10.2 Å². The van der Waals surface area contributed by atoms with Crippen molar-refractivity contribution in [2.24, 2.45) is 11.1 Å². The minimum absolute atomic E-state index is 0.00260. The van der Waals surface area contributed by atoms with Crippen molar-refractivity contribution in [3.05, 3.63) is 51.5 Å². The molecule has 0 saturated heterocycles. The van der Waals surface area contributed by atoms with E-state index in [0.717, 1.165) is 23.9 Å². The van der Waals surface area contributed by atoms with Crippen LogP contribution in [0.1, 0.15) is 51.8 Å². The maximum atomic E-state index is 13.4. The number of benzene rings is 1. The molecule has 4 rings (SSSR count). The van der Waals surface area contributed by atoms with Gasteiger partial charge in [0.2, 0.25) is 0 Å². The molecule has 1 aliphatic carbocycles. The van der Waals surface area contributed by atoms with Crippen LogP contribution in [-0.4, -0.2) is 19.7 Å². The molecule has 140 valence electrons. The summed E-state index contributed by atoms with van der Waals surface area (Å²) < 4.78 is 3.42. The van der Waals surface area contributed by atoms with Gasteiger partial charge in [0.15, 0.2) is 0 Å². The summed E-state index contributed by atoms with van der Waals surface area (Å²) >= 11 is 0. The number of hydrogen-bond acceptors (Lipinski definition) is 5. The molecule has 0 radical (unpaired) electrons. The number of fused-ring (bicyclic) bond motifs is 3. The molecule has 1 saturated carbocycles. The molecule has 3 aromatic rings. The Morgan fingerprint density at radius 2 is 1.93 bits per heavy atom. The number of ketones is 1. The maximum Gasteiger partial charge on any atom is 0.277 e. The summed E-state index contributed by atoms with van der Waals surface area (Å²) in [7, 11) is 0. The summed E-state index contributed by atoms with van der Waals surface area (Å²) in [4.78, 5) is 41.5. The lowest BCUT2D eigenvalue weighted by molar-refractivity contribution is -0.120. The topological polar surface area (TPSA) is 85.8 Å². The number of carbonyl (C=O) groups is 1. The number of para-hydroxylation sites is 2. The van der Waals surface area contributed by atoms with Crippen LogP contribution >= 0.6 is 0 Å². The van der Waals surface area contributed by atoms with Crippen LogP contribution in [-0.2, 0) is 10.3 Å². The third-order valence-corrected chi connectivity index (χ3v) is 5.12. The molecular formula is C20H22N4O3. The second-order valence-electron chi connectivity index (χ2n) is 8.21. The first kappa shape index (κ1) is 17.6. The van der Waals surface area contributed by atoms with Crippen molar-refractivity contribution in [2.45, 2.75) is 51.6 Å². The van der Waals surface area contributed by atoms with Gasteiger partial charge in [-0.1, -0.05) is 17.3 Å². The monoisotopic (exact) mass is 366 g/mol. The van der Waals surface area contributed by atoms with Crippen molar-refractivity contribution in [2.75, 3.05) is 0 Å². The molecule has 1 aliphatic rings. The second-order valence-corrected chi connectivity index (χ2v) is 8.21. The van der Waals surface area contributed by atoms with Gasteiger partial charge in [0.05, 0.1) is 11.0 Å². The van der Waals surface area contributed by atoms with Crippen LogP contribution in [0.2, 0.25) is 0 Å². The number of imidazole rings is 1. The van der Waals surface area contributed by atoms with E-state index in [1.807, 2.05) is 45.0 Å². The molecule has 0 bridgehead atoms. The van der Waals surface area contributed by atoms with Crippen LogP contribution in [0.3, 0.4) is 0 Å². The molecule has 1 aromatic carbocycles. The van der Waals surface area contributed by atoms with Crippen molar-refractivity contribution in [1.29, 1.82) is 0 Å². The van der Waals surface area contributed by atoms with Gasteiger partial charge in [0.25, 0.3) is 5.56 Å². The van der Waals surface area contributed by atoms with E-state index in [4.69, 9.17) is 0 Å². The Labute approximate surface area is 156 Å². The number of rotatable bonds is 5. The fraction of sp³-hybridized carbons (Fsp3) is 0.450. The lowest BCUT2D eigenvalue weighted by Gasteiger charge is -2.25. The smallest absolute Gasteiger partial charge is 0.277 e. The first-order valence-corrected chi connectivity index (χ1v) is 9.19. The van der Waals surface area contributed by atoms with E-state index in [9.17, 15) is 14.5 Å². The van der Waals surface area contributed by atoms with Crippen molar-refractivity contribution in [3.8, 4) is 0 Å². The molecule has 0 amide bonds. The summed E-state index contributed by atoms with van der Waals surface area (Å²) in [6.07, 6.45) is 3.29. The van der Waals surface area contributed by atoms with Crippen molar-refractivity contribution >= 4 is 22.3 Å². The Bertz CT molecular complexity index is 1120. The number of Topliss-reactive ketones (excluding diaryl/α,β-unsaturated/α-hetero) is 1. The Hall–Kier alpha value is -2.83. The molecule has 7 heteroatoms. The fourth-order valence-corrected chi connectivity index (χ4v) is 3.69. The summed E-state index contributed by atoms with van der Waals surface area (Å²) in [6.45, 7) is 5.87. The highest BCUT2D eigenvalue weighted by molar-refractivity contribution is 5.84. The van der Waals surface area contributed by atoms with Gasteiger partial charge in [-0.25, -0.2) is 4.98 Å². The highest BCUT2D eigenvalue weighted by Crippen LogP contribution is 2.35. The van der Waals surface area contributed by atoms with E-state index in [1.54, 1.807) is 15.3 Å². The molecular weight excluding hydrogens is 344 g/mol. The van der Waals surface area contributed by atoms with Crippen molar-refractivity contribution < 1.29 is 4.79 Å². The van der Waals surface area contributed by atoms with Gasteiger partial charge in [0.1, 0.15) is 29.4 Å². The lowest BCUT2D eigenvalue weighted by atomic mass is 10.0. The third kappa shape index (κ3) is 2.87. The zero-order valence-electron chi connectivity index (χ0n) is 15.7. The van der Waals surface area contributed by atoms with Crippen molar-refractivity contribution in [1.82, 2.24) is 14.0 Å². The minimum Gasteiger partial charge on any atom is -0.300 e. The van der Waals surface area contributed by atoms with Crippen LogP contribution in [0.25, 0.3) is 16.6 Å². The second kappa shape index (κ2) is 6.11. The van der Waals surface area contributed by atoms with E-state index in [0.29, 0.717) is 5.52 Å². The molecule has 2 aromatic heterocycles. The average Bonchev–Trinajstić information content (AvgIpc) is 3.37. The molecule has 1 atom stereocenters. The van der Waals surface area contributed by atoms with E-state index in [-0.39, 0.29) is 29.4 Å². The predicted octanol–water partition coefficient (Wildman–Crippen LogP) is 3.58. The van der Waals surface area contributed by atoms with Crippen LogP contribution in [0.15, 0.2) is 40.6 Å². The molecule has 0 spiro atoms. The van der Waals surface area contributed by atoms with E-state index in [1.165, 1.54) is 0 Å². The average molecular weight is 366 g/mol. The Balaban J connectivity index is 1.98. The number of carbonyl (C=O) groups excluding carboxylic acids is 1. The molecule has 1 unspecified atom stereocenters. The van der Waals surface area contributed by atoms with Crippen LogP contribution in [0, 0.1) is 10.8 Å². The zero-order chi connectivity index (χ0) is 19.3. The minimum atomic E-state index is -0.939. The molecule has 2 heterocycles. The van der Waals surface area contributed by atoms with Gasteiger partial charge < -0.3 is 0 Å². The van der Waals surface area contributed by atoms with Crippen LogP contribution in [0.5, 0.6) is 0 Å². The quantitative estimate of drug-likeness (QED) is 0.646. The first-order valence-electron chi connectivity index (χ1n) is 9.19. The standard InChI is InChI=1S/C20H22N4O3/c1-20(2,3)24-15-7-5-4-6-14(15)23-11-21-17(18(23)19(24)26)13(22-27)10-16(25)12-8-9-12/h4-7,11-13H,8-10H2,1-3H3. The summed E-state index contributed by atoms with van der Waals surface area (Å²) in [6, 6.07) is 6.65. The lowest BCUT2D eigenvalue weighted by Crippen LogP contribution is -2.35. The normalized spacial score (nSPS) is 16.0. The van der Waals surface area contributed by atoms with Gasteiger partial charge in [-0.05, 0) is 45.7 Å². The highest BCUT2D eigenvalue weighted by atomic mass is 16.3. The fourth-order valence-electron chi connectivity index (χ4n) is 3.69. The maximum absolute atomic E-state index is 13.4. The van der Waals surface area contributed by atoms with Gasteiger partial charge in [-0.15, -0.1) is 0 Å². The number of hydrogen-bond donors (Lipinski definition) is 0. The van der Waals surface area contributed by atoms with Crippen molar-refractivity contribution in [3.63, 3.8) is 0 Å². The van der Waals surface area contributed by atoms with Gasteiger partial charge in [0, 0.05) is 17.9 Å². The predicted molar refractivity (Wildman–Crippen MR) is 103 cm³/mol. The Morgan fingerprint density at radius 1 is 1.26 bits per heavy atom. The Kier molecular flexibility index (Phi) is 3.98. The number of aromatic nitrogens is 3. The van der Waals surface area contributed by atoms with E-state index >= 15 is 0 Å². The highest BCUT2D eigenvalue weighted by Gasteiger charge is 2.34. The third-order valence-electron chi connectivity index (χ3n) is 5.12. The van der Waals surface area contributed by atoms with Gasteiger partial charge >= 0.3 is 0 Å². The largest absolute Gasteiger partial charge is 0.300 e. The molecule has 0 N–H and O–H groups in total. The number of nitrogens with zero attached hydrogens (tertiary/aromatic N) is 4. The summed E-state index contributed by atoms with van der Waals surface area (Å²) in [5.74, 6) is 0.0629. The molecule has 1 fully saturated rings. The van der Waals surface area contributed by atoms with Gasteiger partial charge in [-0.3, -0.25) is 18.6 Å². The molecule has 27 heavy (non-hydrogen) atoms. The summed E-state index contributed by atoms with van der Waals surface area (Å²) in [5.41, 5.74) is 1.51.